The van der Waals surface area contributed by atoms with Gasteiger partial charge in [0.2, 0.25) is 0 Å². The van der Waals surface area contributed by atoms with Gasteiger partial charge in [0.25, 0.3) is 0 Å². The van der Waals surface area contributed by atoms with Crippen LogP contribution in [0.4, 0.5) is 0 Å². The van der Waals surface area contributed by atoms with Gasteiger partial charge in [-0.1, -0.05) is 48.5 Å². The van der Waals surface area contributed by atoms with Gasteiger partial charge in [-0.3, -0.25) is 0 Å². The average molecular weight is 370 g/mol. The summed E-state index contributed by atoms with van der Waals surface area (Å²) in [6.07, 6.45) is 0. The predicted octanol–water partition coefficient (Wildman–Crippen LogP) is 5.55. The Hall–Kier alpha value is -2.56. The van der Waals surface area contributed by atoms with Crippen LogP contribution < -0.4 is 5.46 Å². The van der Waals surface area contributed by atoms with Crippen molar-refractivity contribution >= 4 is 34.5 Å². The highest BCUT2D eigenvalue weighted by molar-refractivity contribution is 6.62. The van der Waals surface area contributed by atoms with E-state index in [2.05, 4.69) is 82.3 Å². The molecule has 0 radical (unpaired) electrons. The SMILES string of the molecule is CC1(C)OB(c2ccc3c(c2)oc2cc(-c4ccccc4)ccc23)OC1(C)C. The summed E-state index contributed by atoms with van der Waals surface area (Å²) >= 11 is 0. The van der Waals surface area contributed by atoms with E-state index >= 15 is 0 Å². The third-order valence-electron chi connectivity index (χ3n) is 6.13. The molecule has 4 heteroatoms. The van der Waals surface area contributed by atoms with Crippen molar-refractivity contribution in [3.63, 3.8) is 0 Å². The summed E-state index contributed by atoms with van der Waals surface area (Å²) < 4.78 is 18.6. The van der Waals surface area contributed by atoms with Gasteiger partial charge in [-0.2, -0.15) is 0 Å². The molecule has 2 heterocycles. The fourth-order valence-corrected chi connectivity index (χ4v) is 3.73. The number of furan rings is 1. The van der Waals surface area contributed by atoms with Gasteiger partial charge >= 0.3 is 7.12 Å². The fraction of sp³-hybridized carbons (Fsp3) is 0.250. The van der Waals surface area contributed by atoms with E-state index in [-0.39, 0.29) is 18.3 Å². The molecule has 1 aliphatic rings. The van der Waals surface area contributed by atoms with Gasteiger partial charge in [-0.25, -0.2) is 0 Å². The summed E-state index contributed by atoms with van der Waals surface area (Å²) in [5, 5.41) is 2.23. The first kappa shape index (κ1) is 17.5. The minimum Gasteiger partial charge on any atom is -0.456 e. The Bertz CT molecular complexity index is 1160. The monoisotopic (exact) mass is 370 g/mol. The molecule has 28 heavy (non-hydrogen) atoms. The van der Waals surface area contributed by atoms with E-state index < -0.39 is 0 Å². The van der Waals surface area contributed by atoms with E-state index in [1.807, 2.05) is 12.1 Å². The standard InChI is InChI=1S/C24H23BO3/c1-23(2)24(3,4)28-25(27-23)18-11-13-20-19-12-10-17(16-8-6-5-7-9-16)14-21(19)26-22(20)15-18/h5-15H,1-4H3. The predicted molar refractivity (Wildman–Crippen MR) is 115 cm³/mol. The molecule has 0 atom stereocenters. The molecule has 0 N–H and O–H groups in total. The van der Waals surface area contributed by atoms with E-state index in [0.717, 1.165) is 33.0 Å². The Kier molecular flexibility index (Phi) is 3.74. The van der Waals surface area contributed by atoms with Crippen molar-refractivity contribution in [2.24, 2.45) is 0 Å². The molecule has 140 valence electrons. The Morgan fingerprint density at radius 2 is 1.25 bits per heavy atom. The van der Waals surface area contributed by atoms with E-state index in [4.69, 9.17) is 13.7 Å². The van der Waals surface area contributed by atoms with Crippen LogP contribution in [0.2, 0.25) is 0 Å². The zero-order valence-corrected chi connectivity index (χ0v) is 16.7. The normalized spacial score (nSPS) is 18.2. The second-order valence-electron chi connectivity index (χ2n) is 8.52. The molecule has 5 rings (SSSR count). The van der Waals surface area contributed by atoms with Gasteiger partial charge in [0, 0.05) is 10.8 Å². The van der Waals surface area contributed by atoms with Crippen LogP contribution in [0, 0.1) is 0 Å². The largest absolute Gasteiger partial charge is 0.494 e. The highest BCUT2D eigenvalue weighted by Gasteiger charge is 2.51. The maximum Gasteiger partial charge on any atom is 0.494 e. The third-order valence-corrected chi connectivity index (χ3v) is 6.13. The van der Waals surface area contributed by atoms with Crippen LogP contribution in [-0.2, 0) is 9.31 Å². The van der Waals surface area contributed by atoms with Gasteiger partial charge < -0.3 is 13.7 Å². The van der Waals surface area contributed by atoms with Crippen molar-refractivity contribution < 1.29 is 13.7 Å². The molecule has 0 unspecified atom stereocenters. The van der Waals surface area contributed by atoms with Crippen molar-refractivity contribution in [2.75, 3.05) is 0 Å². The highest BCUT2D eigenvalue weighted by atomic mass is 16.7. The van der Waals surface area contributed by atoms with E-state index in [1.54, 1.807) is 0 Å². The van der Waals surface area contributed by atoms with E-state index in [1.165, 1.54) is 5.56 Å². The summed E-state index contributed by atoms with van der Waals surface area (Å²) in [5.74, 6) is 0. The Morgan fingerprint density at radius 3 is 1.93 bits per heavy atom. The second kappa shape index (κ2) is 5.97. The molecule has 0 bridgehead atoms. The number of benzene rings is 3. The summed E-state index contributed by atoms with van der Waals surface area (Å²) in [4.78, 5) is 0. The Morgan fingerprint density at radius 1 is 0.643 bits per heavy atom. The van der Waals surface area contributed by atoms with Crippen LogP contribution in [0.1, 0.15) is 27.7 Å². The van der Waals surface area contributed by atoms with Crippen LogP contribution in [0.3, 0.4) is 0 Å². The molecular formula is C24H23BO3. The molecule has 0 aliphatic carbocycles. The molecule has 1 aliphatic heterocycles. The van der Waals surface area contributed by atoms with E-state index in [0.29, 0.717) is 0 Å². The van der Waals surface area contributed by atoms with Crippen LogP contribution in [0.5, 0.6) is 0 Å². The number of hydrogen-bond acceptors (Lipinski definition) is 3. The molecule has 4 aromatic rings. The van der Waals surface area contributed by atoms with Gasteiger partial charge in [-0.15, -0.1) is 0 Å². The molecule has 3 nitrogen and oxygen atoms in total. The minimum absolute atomic E-state index is 0.356. The number of fused-ring (bicyclic) bond motifs is 3. The second-order valence-corrected chi connectivity index (χ2v) is 8.52. The third kappa shape index (κ3) is 2.68. The summed E-state index contributed by atoms with van der Waals surface area (Å²) in [6.45, 7) is 8.27. The van der Waals surface area contributed by atoms with Crippen LogP contribution in [0.15, 0.2) is 71.1 Å². The van der Waals surface area contributed by atoms with Crippen LogP contribution in [-0.4, -0.2) is 18.3 Å². The molecule has 3 aromatic carbocycles. The zero-order chi connectivity index (χ0) is 19.5. The lowest BCUT2D eigenvalue weighted by Gasteiger charge is -2.32. The molecule has 0 saturated carbocycles. The molecule has 1 fully saturated rings. The Balaban J connectivity index is 1.56. The average Bonchev–Trinajstić information content (AvgIpc) is 3.14. The summed E-state index contributed by atoms with van der Waals surface area (Å²) in [7, 11) is -0.387. The smallest absolute Gasteiger partial charge is 0.456 e. The Labute approximate surface area is 165 Å². The van der Waals surface area contributed by atoms with E-state index in [9.17, 15) is 0 Å². The fourth-order valence-electron chi connectivity index (χ4n) is 3.73. The number of rotatable bonds is 2. The maximum absolute atomic E-state index is 6.21. The van der Waals surface area contributed by atoms with Crippen molar-refractivity contribution in [1.82, 2.24) is 0 Å². The highest BCUT2D eigenvalue weighted by Crippen LogP contribution is 2.37. The van der Waals surface area contributed by atoms with Crippen LogP contribution in [0.25, 0.3) is 33.1 Å². The van der Waals surface area contributed by atoms with Gasteiger partial charge in [-0.05, 0) is 62.5 Å². The summed E-state index contributed by atoms with van der Waals surface area (Å²) in [5.41, 5.74) is 4.35. The van der Waals surface area contributed by atoms with Crippen molar-refractivity contribution in [1.29, 1.82) is 0 Å². The van der Waals surface area contributed by atoms with Gasteiger partial charge in [0.1, 0.15) is 11.2 Å². The lowest BCUT2D eigenvalue weighted by molar-refractivity contribution is 0.00578. The van der Waals surface area contributed by atoms with Gasteiger partial charge in [0.15, 0.2) is 0 Å². The molecule has 0 spiro atoms. The quantitative estimate of drug-likeness (QED) is 0.434. The van der Waals surface area contributed by atoms with Gasteiger partial charge in [0.05, 0.1) is 11.2 Å². The molecular weight excluding hydrogens is 347 g/mol. The van der Waals surface area contributed by atoms with Crippen molar-refractivity contribution in [3.05, 3.63) is 66.7 Å². The first-order chi connectivity index (χ1) is 13.3. The molecule has 0 amide bonds. The minimum atomic E-state index is -0.387. The number of hydrogen-bond donors (Lipinski definition) is 0. The molecule has 1 aromatic heterocycles. The van der Waals surface area contributed by atoms with Crippen molar-refractivity contribution in [2.45, 2.75) is 38.9 Å². The molecule has 1 saturated heterocycles. The van der Waals surface area contributed by atoms with Crippen LogP contribution >= 0.6 is 0 Å². The lowest BCUT2D eigenvalue weighted by atomic mass is 9.79. The zero-order valence-electron chi connectivity index (χ0n) is 16.7. The topological polar surface area (TPSA) is 31.6 Å². The first-order valence-corrected chi connectivity index (χ1v) is 9.71. The maximum atomic E-state index is 6.21. The summed E-state index contributed by atoms with van der Waals surface area (Å²) in [6, 6.07) is 23.0. The first-order valence-electron chi connectivity index (χ1n) is 9.71. The van der Waals surface area contributed by atoms with Crippen molar-refractivity contribution in [3.8, 4) is 11.1 Å². The lowest BCUT2D eigenvalue weighted by Crippen LogP contribution is -2.41.